The number of fused-ring (bicyclic) bond motifs is 1. The van der Waals surface area contributed by atoms with Crippen molar-refractivity contribution in [3.8, 4) is 0 Å². The van der Waals surface area contributed by atoms with Crippen molar-refractivity contribution >= 4 is 52.1 Å². The lowest BCUT2D eigenvalue weighted by molar-refractivity contribution is -0.126. The third-order valence-corrected chi connectivity index (χ3v) is 5.66. The minimum absolute atomic E-state index is 0.343. The number of nitrogens with zero attached hydrogens (tertiary/aromatic N) is 3. The molecule has 9 heteroatoms. The number of hydrogen-bond donors (Lipinski definition) is 1. The SMILES string of the molecule is C/C(Cl)=C\CN1C(SCc2ccc(Cl)cc2)=NC2C1C(=O)NC(=O)N2C. The predicted octanol–water partition coefficient (Wildman–Crippen LogP) is 3.26. The number of rotatable bonds is 4. The molecule has 2 heterocycles. The van der Waals surface area contributed by atoms with Gasteiger partial charge in [-0.25, -0.2) is 9.79 Å². The first kappa shape index (κ1) is 19.1. The molecule has 0 spiro atoms. The van der Waals surface area contributed by atoms with E-state index in [9.17, 15) is 9.59 Å². The normalized spacial score (nSPS) is 23.1. The lowest BCUT2D eigenvalue weighted by Crippen LogP contribution is -2.63. The molecule has 0 aliphatic carbocycles. The van der Waals surface area contributed by atoms with Crippen LogP contribution in [0.4, 0.5) is 4.79 Å². The van der Waals surface area contributed by atoms with E-state index in [-0.39, 0.29) is 5.91 Å². The molecule has 26 heavy (non-hydrogen) atoms. The van der Waals surface area contributed by atoms with Crippen LogP contribution in [-0.2, 0) is 10.5 Å². The second-order valence-electron chi connectivity index (χ2n) is 6.03. The number of carbonyl (C=O) groups is 2. The molecule has 3 rings (SSSR count). The van der Waals surface area contributed by atoms with Gasteiger partial charge in [-0.1, -0.05) is 53.2 Å². The van der Waals surface area contributed by atoms with Crippen LogP contribution in [-0.4, -0.2) is 52.7 Å². The lowest BCUT2D eigenvalue weighted by Gasteiger charge is -2.35. The monoisotopic (exact) mass is 412 g/mol. The van der Waals surface area contributed by atoms with Crippen LogP contribution in [0, 0.1) is 0 Å². The Morgan fingerprint density at radius 2 is 2.04 bits per heavy atom. The summed E-state index contributed by atoms with van der Waals surface area (Å²) in [6.07, 6.45) is 1.29. The van der Waals surface area contributed by atoms with E-state index in [1.165, 1.54) is 16.7 Å². The highest BCUT2D eigenvalue weighted by Crippen LogP contribution is 2.30. The summed E-state index contributed by atoms with van der Waals surface area (Å²) in [5.41, 5.74) is 1.09. The quantitative estimate of drug-likeness (QED) is 0.823. The Bertz CT molecular complexity index is 777. The zero-order valence-corrected chi connectivity index (χ0v) is 16.6. The molecular formula is C17H18Cl2N4O2S. The van der Waals surface area contributed by atoms with Gasteiger partial charge in [-0.15, -0.1) is 0 Å². The first-order chi connectivity index (χ1) is 12.4. The number of carbonyl (C=O) groups excluding carboxylic acids is 2. The number of urea groups is 1. The minimum Gasteiger partial charge on any atom is -0.332 e. The van der Waals surface area contributed by atoms with Crippen molar-refractivity contribution in [2.24, 2.45) is 4.99 Å². The first-order valence-corrected chi connectivity index (χ1v) is 9.72. The van der Waals surface area contributed by atoms with Crippen LogP contribution in [0.2, 0.25) is 5.02 Å². The Hall–Kier alpha value is -1.70. The number of likely N-dealkylation sites (N-methyl/N-ethyl adjacent to an activating group) is 1. The fourth-order valence-electron chi connectivity index (χ4n) is 2.77. The second-order valence-corrected chi connectivity index (χ2v) is 8.01. The molecule has 3 amide bonds. The third-order valence-electron chi connectivity index (χ3n) is 4.17. The number of amides is 3. The largest absolute Gasteiger partial charge is 0.332 e. The summed E-state index contributed by atoms with van der Waals surface area (Å²) in [5, 5.41) is 4.40. The number of benzene rings is 1. The van der Waals surface area contributed by atoms with Gasteiger partial charge in [-0.2, -0.15) is 0 Å². The summed E-state index contributed by atoms with van der Waals surface area (Å²) in [6.45, 7) is 2.22. The minimum atomic E-state index is -0.558. The number of amidine groups is 1. The Balaban J connectivity index is 1.82. The Kier molecular flexibility index (Phi) is 5.79. The summed E-state index contributed by atoms with van der Waals surface area (Å²) in [5.74, 6) is 0.332. The molecule has 1 saturated heterocycles. The van der Waals surface area contributed by atoms with Crippen LogP contribution in [0.15, 0.2) is 40.4 Å². The standard InChI is InChI=1S/C17H18Cl2N4O2S/c1-10(18)7-8-23-13-14(22(2)16(25)21-15(13)24)20-17(23)26-9-11-3-5-12(19)6-4-11/h3-7,13-14H,8-9H2,1-2H3,(H,21,24,25)/b10-7+. The molecular weight excluding hydrogens is 395 g/mol. The van der Waals surface area contributed by atoms with Crippen molar-refractivity contribution in [1.82, 2.24) is 15.1 Å². The van der Waals surface area contributed by atoms with E-state index in [1.807, 2.05) is 35.2 Å². The molecule has 0 saturated carbocycles. The molecule has 0 bridgehead atoms. The Morgan fingerprint density at radius 3 is 2.69 bits per heavy atom. The smallest absolute Gasteiger partial charge is 0.325 e. The molecule has 1 fully saturated rings. The lowest BCUT2D eigenvalue weighted by atomic mass is 10.1. The van der Waals surface area contributed by atoms with E-state index < -0.39 is 18.2 Å². The van der Waals surface area contributed by atoms with Gasteiger partial charge in [-0.3, -0.25) is 10.1 Å². The Labute approximate surface area is 166 Å². The van der Waals surface area contributed by atoms with Gasteiger partial charge < -0.3 is 9.80 Å². The highest BCUT2D eigenvalue weighted by atomic mass is 35.5. The maximum atomic E-state index is 12.4. The van der Waals surface area contributed by atoms with E-state index in [1.54, 1.807) is 14.0 Å². The first-order valence-electron chi connectivity index (χ1n) is 7.98. The van der Waals surface area contributed by atoms with Gasteiger partial charge in [0.2, 0.25) is 0 Å². The number of hydrogen-bond acceptors (Lipinski definition) is 5. The molecule has 1 aromatic rings. The highest BCUT2D eigenvalue weighted by Gasteiger charge is 2.48. The average molecular weight is 413 g/mol. The zero-order chi connectivity index (χ0) is 18.8. The van der Waals surface area contributed by atoms with E-state index in [4.69, 9.17) is 23.2 Å². The molecule has 0 radical (unpaired) electrons. The highest BCUT2D eigenvalue weighted by molar-refractivity contribution is 8.13. The second kappa shape index (κ2) is 7.90. The number of aliphatic imine (C=N–C) groups is 1. The van der Waals surface area contributed by atoms with Crippen LogP contribution in [0.5, 0.6) is 0 Å². The molecule has 0 aromatic heterocycles. The van der Waals surface area contributed by atoms with Gasteiger partial charge in [0, 0.05) is 29.4 Å². The fourth-order valence-corrected chi connectivity index (χ4v) is 3.98. The van der Waals surface area contributed by atoms with Gasteiger partial charge in [-0.05, 0) is 24.6 Å². The summed E-state index contributed by atoms with van der Waals surface area (Å²) < 4.78 is 0. The molecule has 2 atom stereocenters. The van der Waals surface area contributed by atoms with Crippen LogP contribution in [0.3, 0.4) is 0 Å². The summed E-state index contributed by atoms with van der Waals surface area (Å²) in [7, 11) is 1.64. The van der Waals surface area contributed by atoms with Gasteiger partial charge in [0.15, 0.2) is 17.4 Å². The van der Waals surface area contributed by atoms with E-state index in [0.717, 1.165) is 5.56 Å². The van der Waals surface area contributed by atoms with E-state index in [2.05, 4.69) is 10.3 Å². The van der Waals surface area contributed by atoms with Crippen molar-refractivity contribution in [3.05, 3.63) is 46.0 Å². The van der Waals surface area contributed by atoms with E-state index >= 15 is 0 Å². The molecule has 1 aromatic carbocycles. The number of nitrogens with one attached hydrogen (secondary N) is 1. The van der Waals surface area contributed by atoms with Gasteiger partial charge in [0.05, 0.1) is 0 Å². The topological polar surface area (TPSA) is 65.0 Å². The summed E-state index contributed by atoms with van der Waals surface area (Å²) in [4.78, 5) is 32.3. The van der Waals surface area contributed by atoms with E-state index in [0.29, 0.717) is 27.5 Å². The molecule has 6 nitrogen and oxygen atoms in total. The average Bonchev–Trinajstić information content (AvgIpc) is 2.96. The van der Waals surface area contributed by atoms with Crippen molar-refractivity contribution in [2.45, 2.75) is 24.9 Å². The number of imide groups is 1. The molecule has 138 valence electrons. The molecule has 2 aliphatic heterocycles. The van der Waals surface area contributed by atoms with Crippen molar-refractivity contribution < 1.29 is 9.59 Å². The van der Waals surface area contributed by atoms with Gasteiger partial charge in [0.1, 0.15) is 0 Å². The van der Waals surface area contributed by atoms with Crippen molar-refractivity contribution in [3.63, 3.8) is 0 Å². The molecule has 2 aliphatic rings. The summed E-state index contributed by atoms with van der Waals surface area (Å²) >= 11 is 13.4. The maximum absolute atomic E-state index is 12.4. The fraction of sp³-hybridized carbons (Fsp3) is 0.353. The number of allylic oxidation sites excluding steroid dienone is 1. The number of thioether (sulfide) groups is 1. The Morgan fingerprint density at radius 1 is 1.35 bits per heavy atom. The molecule has 1 N–H and O–H groups in total. The predicted molar refractivity (Wildman–Crippen MR) is 105 cm³/mol. The zero-order valence-electron chi connectivity index (χ0n) is 14.3. The third kappa shape index (κ3) is 4.00. The van der Waals surface area contributed by atoms with Crippen molar-refractivity contribution in [1.29, 1.82) is 0 Å². The van der Waals surface area contributed by atoms with Crippen LogP contribution < -0.4 is 5.32 Å². The van der Waals surface area contributed by atoms with Crippen LogP contribution in [0.1, 0.15) is 12.5 Å². The van der Waals surface area contributed by atoms with Gasteiger partial charge in [0.25, 0.3) is 5.91 Å². The maximum Gasteiger partial charge on any atom is 0.325 e. The van der Waals surface area contributed by atoms with Crippen LogP contribution in [0.25, 0.3) is 0 Å². The van der Waals surface area contributed by atoms with Crippen molar-refractivity contribution in [2.75, 3.05) is 13.6 Å². The van der Waals surface area contributed by atoms with Crippen LogP contribution >= 0.6 is 35.0 Å². The molecule has 2 unspecified atom stereocenters. The summed E-state index contributed by atoms with van der Waals surface area (Å²) in [6, 6.07) is 6.59. The van der Waals surface area contributed by atoms with Gasteiger partial charge >= 0.3 is 6.03 Å². The number of halogens is 2.